The molecule has 5 rings (SSSR count). The molecule has 2 saturated heterocycles. The number of aromatic nitrogens is 3. The van der Waals surface area contributed by atoms with Gasteiger partial charge in [-0.15, -0.1) is 0 Å². The van der Waals surface area contributed by atoms with E-state index in [1.807, 2.05) is 6.07 Å². The van der Waals surface area contributed by atoms with Crippen molar-refractivity contribution in [1.29, 1.82) is 5.41 Å². The van der Waals surface area contributed by atoms with Gasteiger partial charge in [-0.25, -0.2) is 4.98 Å². The van der Waals surface area contributed by atoms with E-state index in [4.69, 9.17) is 15.1 Å². The van der Waals surface area contributed by atoms with Crippen molar-refractivity contribution < 1.29 is 4.74 Å². The zero-order valence-corrected chi connectivity index (χ0v) is 18.4. The predicted molar refractivity (Wildman–Crippen MR) is 123 cm³/mol. The SMILES string of the molecule is C[C@@H]1COCCN1c1nc(Nc2cc[nH]n2)c(C=N)c2c1CCN2C1CCN(C)CC1. The average Bonchev–Trinajstić information content (AvgIpc) is 3.45. The molecule has 0 aromatic carbocycles. The molecule has 3 aliphatic rings. The molecule has 3 aliphatic heterocycles. The van der Waals surface area contributed by atoms with Gasteiger partial charge in [0.25, 0.3) is 0 Å². The molecule has 2 fully saturated rings. The van der Waals surface area contributed by atoms with Crippen LogP contribution in [0.1, 0.15) is 30.9 Å². The summed E-state index contributed by atoms with van der Waals surface area (Å²) in [5.41, 5.74) is 3.32. The molecule has 0 unspecified atom stereocenters. The molecule has 2 aromatic rings. The van der Waals surface area contributed by atoms with E-state index in [0.29, 0.717) is 30.9 Å². The molecule has 9 nitrogen and oxygen atoms in total. The molecule has 166 valence electrons. The van der Waals surface area contributed by atoms with Crippen molar-refractivity contribution in [1.82, 2.24) is 20.1 Å². The first-order chi connectivity index (χ1) is 15.2. The summed E-state index contributed by atoms with van der Waals surface area (Å²) in [6, 6.07) is 2.66. The minimum atomic E-state index is 0.270. The lowest BCUT2D eigenvalue weighted by Gasteiger charge is -2.38. The number of hydrogen-bond acceptors (Lipinski definition) is 8. The number of nitrogens with zero attached hydrogens (tertiary/aromatic N) is 5. The monoisotopic (exact) mass is 424 g/mol. The second kappa shape index (κ2) is 8.47. The number of rotatable bonds is 5. The van der Waals surface area contributed by atoms with Crippen LogP contribution in [0, 0.1) is 5.41 Å². The highest BCUT2D eigenvalue weighted by Gasteiger charge is 2.36. The standard InChI is InChI=1S/C22H32N8O/c1-15-14-31-12-11-29(15)22-17-6-10-30(16-4-8-28(2)9-5-16)20(17)18(13-23)21(26-22)25-19-3-7-24-27-19/h3,7,13,15-16,23H,4-6,8-12,14H2,1-2H3,(H2,24,25,26,27)/t15-/m1/s1. The van der Waals surface area contributed by atoms with Crippen LogP contribution in [0.15, 0.2) is 12.3 Å². The molecule has 2 aromatic heterocycles. The largest absolute Gasteiger partial charge is 0.377 e. The molecule has 0 saturated carbocycles. The molecule has 9 heteroatoms. The molecule has 0 aliphatic carbocycles. The number of nitrogens with one attached hydrogen (secondary N) is 3. The van der Waals surface area contributed by atoms with Gasteiger partial charge in [0.1, 0.15) is 11.6 Å². The van der Waals surface area contributed by atoms with Crippen molar-refractivity contribution in [3.05, 3.63) is 23.4 Å². The Balaban J connectivity index is 1.60. The van der Waals surface area contributed by atoms with Gasteiger partial charge in [0, 0.05) is 43.2 Å². The molecule has 5 heterocycles. The minimum Gasteiger partial charge on any atom is -0.377 e. The van der Waals surface area contributed by atoms with Gasteiger partial charge >= 0.3 is 0 Å². The van der Waals surface area contributed by atoms with Crippen LogP contribution in [-0.2, 0) is 11.2 Å². The summed E-state index contributed by atoms with van der Waals surface area (Å²) < 4.78 is 5.69. The first kappa shape index (κ1) is 20.3. The van der Waals surface area contributed by atoms with Gasteiger partial charge in [-0.1, -0.05) is 0 Å². The molecule has 3 N–H and O–H groups in total. The van der Waals surface area contributed by atoms with E-state index < -0.39 is 0 Å². The topological polar surface area (TPSA) is 96.4 Å². The third-order valence-electron chi connectivity index (χ3n) is 6.83. The number of aromatic amines is 1. The van der Waals surface area contributed by atoms with Crippen LogP contribution >= 0.6 is 0 Å². The molecule has 0 bridgehead atoms. The summed E-state index contributed by atoms with van der Waals surface area (Å²) in [5, 5.41) is 18.7. The van der Waals surface area contributed by atoms with Crippen molar-refractivity contribution in [3.63, 3.8) is 0 Å². The number of anilines is 4. The van der Waals surface area contributed by atoms with Gasteiger partial charge in [0.2, 0.25) is 0 Å². The normalized spacial score (nSPS) is 22.6. The van der Waals surface area contributed by atoms with Crippen LogP contribution in [0.2, 0.25) is 0 Å². The molecule has 0 spiro atoms. The maximum Gasteiger partial charge on any atom is 0.153 e. The highest BCUT2D eigenvalue weighted by atomic mass is 16.5. The number of pyridine rings is 1. The molecule has 31 heavy (non-hydrogen) atoms. The second-order valence-corrected chi connectivity index (χ2v) is 8.85. The fourth-order valence-electron chi connectivity index (χ4n) is 5.15. The van der Waals surface area contributed by atoms with Crippen LogP contribution in [0.25, 0.3) is 0 Å². The zero-order valence-electron chi connectivity index (χ0n) is 18.4. The molecule has 0 amide bonds. The van der Waals surface area contributed by atoms with E-state index in [9.17, 15) is 0 Å². The number of hydrogen-bond donors (Lipinski definition) is 3. The molecular formula is C22H32N8O. The predicted octanol–water partition coefficient (Wildman–Crippen LogP) is 2.23. The molecule has 0 radical (unpaired) electrons. The van der Waals surface area contributed by atoms with Crippen molar-refractivity contribution >= 4 is 29.4 Å². The number of likely N-dealkylation sites (tertiary alicyclic amines) is 1. The van der Waals surface area contributed by atoms with Crippen molar-refractivity contribution in [2.45, 2.75) is 38.3 Å². The van der Waals surface area contributed by atoms with Gasteiger partial charge < -0.3 is 30.2 Å². The van der Waals surface area contributed by atoms with E-state index in [0.717, 1.165) is 56.8 Å². The lowest BCUT2D eigenvalue weighted by Crippen LogP contribution is -2.45. The highest BCUT2D eigenvalue weighted by molar-refractivity contribution is 5.97. The summed E-state index contributed by atoms with van der Waals surface area (Å²) in [7, 11) is 2.20. The number of fused-ring (bicyclic) bond motifs is 1. The Bertz CT molecular complexity index is 922. The lowest BCUT2D eigenvalue weighted by molar-refractivity contribution is 0.0985. The van der Waals surface area contributed by atoms with Gasteiger partial charge in [-0.3, -0.25) is 5.10 Å². The van der Waals surface area contributed by atoms with Gasteiger partial charge in [-0.05, 0) is 46.3 Å². The van der Waals surface area contributed by atoms with E-state index in [2.05, 4.69) is 44.2 Å². The Hall–Kier alpha value is -2.65. The Kier molecular flexibility index (Phi) is 5.54. The van der Waals surface area contributed by atoms with Crippen molar-refractivity contribution in [2.75, 3.05) is 61.6 Å². The minimum absolute atomic E-state index is 0.270. The van der Waals surface area contributed by atoms with E-state index in [1.165, 1.54) is 17.5 Å². The van der Waals surface area contributed by atoms with Crippen LogP contribution in [0.5, 0.6) is 0 Å². The number of piperidine rings is 1. The third-order valence-corrected chi connectivity index (χ3v) is 6.83. The summed E-state index contributed by atoms with van der Waals surface area (Å²) in [6.45, 7) is 7.69. The summed E-state index contributed by atoms with van der Waals surface area (Å²) in [5.74, 6) is 2.44. The van der Waals surface area contributed by atoms with Gasteiger partial charge in [0.05, 0.1) is 30.5 Å². The summed E-state index contributed by atoms with van der Waals surface area (Å²) >= 11 is 0. The lowest BCUT2D eigenvalue weighted by atomic mass is 10.0. The smallest absolute Gasteiger partial charge is 0.153 e. The Morgan fingerprint density at radius 1 is 1.23 bits per heavy atom. The summed E-state index contributed by atoms with van der Waals surface area (Å²) in [6.07, 6.45) is 6.52. The molecular weight excluding hydrogens is 392 g/mol. The van der Waals surface area contributed by atoms with E-state index in [1.54, 1.807) is 6.20 Å². The highest BCUT2D eigenvalue weighted by Crippen LogP contribution is 2.43. The van der Waals surface area contributed by atoms with Gasteiger partial charge in [-0.2, -0.15) is 5.10 Å². The van der Waals surface area contributed by atoms with Crippen molar-refractivity contribution in [2.24, 2.45) is 0 Å². The Morgan fingerprint density at radius 2 is 2.06 bits per heavy atom. The van der Waals surface area contributed by atoms with E-state index in [-0.39, 0.29) is 6.04 Å². The zero-order chi connectivity index (χ0) is 21.4. The second-order valence-electron chi connectivity index (χ2n) is 8.85. The maximum atomic E-state index is 8.27. The molecule has 1 atom stereocenters. The Morgan fingerprint density at radius 3 is 2.77 bits per heavy atom. The van der Waals surface area contributed by atoms with Crippen LogP contribution < -0.4 is 15.1 Å². The summed E-state index contributed by atoms with van der Waals surface area (Å²) in [4.78, 5) is 12.4. The number of ether oxygens (including phenoxy) is 1. The fourth-order valence-corrected chi connectivity index (χ4v) is 5.15. The Labute approximate surface area is 183 Å². The van der Waals surface area contributed by atoms with Gasteiger partial charge in [0.15, 0.2) is 5.82 Å². The first-order valence-electron chi connectivity index (χ1n) is 11.3. The fraction of sp³-hybridized carbons (Fsp3) is 0.591. The van der Waals surface area contributed by atoms with Crippen LogP contribution in [0.3, 0.4) is 0 Å². The van der Waals surface area contributed by atoms with Crippen molar-refractivity contribution in [3.8, 4) is 0 Å². The average molecular weight is 425 g/mol. The number of H-pyrrole nitrogens is 1. The van der Waals surface area contributed by atoms with Crippen LogP contribution in [0.4, 0.5) is 23.1 Å². The third kappa shape index (κ3) is 3.76. The number of morpholine rings is 1. The maximum absolute atomic E-state index is 8.27. The first-order valence-corrected chi connectivity index (χ1v) is 11.3. The quantitative estimate of drug-likeness (QED) is 0.634. The van der Waals surface area contributed by atoms with E-state index >= 15 is 0 Å². The van der Waals surface area contributed by atoms with Crippen LogP contribution in [-0.4, -0.2) is 84.8 Å².